The lowest BCUT2D eigenvalue weighted by Gasteiger charge is -2.38. The predicted octanol–water partition coefficient (Wildman–Crippen LogP) is 5.49. The van der Waals surface area contributed by atoms with Gasteiger partial charge in [0.15, 0.2) is 0 Å². The minimum Gasteiger partial charge on any atom is -0.406 e. The summed E-state index contributed by atoms with van der Waals surface area (Å²) in [7, 11) is 0. The maximum Gasteiger partial charge on any atom is 0.573 e. The molecule has 9 heteroatoms. The third-order valence-corrected chi connectivity index (χ3v) is 7.87. The molecule has 188 valence electrons. The number of likely N-dealkylation sites (tertiary alicyclic amines) is 1. The van der Waals surface area contributed by atoms with Crippen molar-refractivity contribution in [3.63, 3.8) is 0 Å². The maximum atomic E-state index is 13.7. The van der Waals surface area contributed by atoms with Gasteiger partial charge in [0.05, 0.1) is 17.8 Å². The summed E-state index contributed by atoms with van der Waals surface area (Å²) >= 11 is 0. The molecule has 1 aliphatic carbocycles. The molecule has 1 amide bonds. The molecule has 2 unspecified atom stereocenters. The van der Waals surface area contributed by atoms with Crippen LogP contribution in [0.2, 0.25) is 0 Å². The standard InChI is InChI=1S/C27H27F3N4O2/c1-25(2)13-22(17-7-4-3-5-8-17)32-23-21(14-31-34(23)25)24(35)33-15-19-12-26(19,16-33)18-9-6-10-20(11-18)36-27(28,29)30/h3-11,14,19,22,32H,12-13,15-16H2,1-2H3/t19?,22-,26?/m1/s1. The lowest BCUT2D eigenvalue weighted by Crippen LogP contribution is -2.39. The monoisotopic (exact) mass is 496 g/mol. The minimum atomic E-state index is -4.74. The number of fused-ring (bicyclic) bond motifs is 2. The Morgan fingerprint density at radius 1 is 1.11 bits per heavy atom. The summed E-state index contributed by atoms with van der Waals surface area (Å²) in [6.07, 6.45) is -1.44. The number of ether oxygens (including phenoxy) is 1. The summed E-state index contributed by atoms with van der Waals surface area (Å²) in [4.78, 5) is 15.5. The first-order chi connectivity index (χ1) is 17.1. The molecule has 2 aliphatic heterocycles. The third-order valence-electron chi connectivity index (χ3n) is 7.87. The average molecular weight is 497 g/mol. The summed E-state index contributed by atoms with van der Waals surface area (Å²) in [5, 5.41) is 8.11. The maximum absolute atomic E-state index is 13.7. The van der Waals surface area contributed by atoms with Crippen LogP contribution in [0.1, 0.15) is 54.2 Å². The quantitative estimate of drug-likeness (QED) is 0.519. The Morgan fingerprint density at radius 3 is 2.64 bits per heavy atom. The molecule has 3 atom stereocenters. The summed E-state index contributed by atoms with van der Waals surface area (Å²) in [5.41, 5.74) is 1.85. The van der Waals surface area contributed by atoms with E-state index in [9.17, 15) is 18.0 Å². The molecule has 2 aromatic carbocycles. The van der Waals surface area contributed by atoms with Crippen molar-refractivity contribution in [1.29, 1.82) is 0 Å². The lowest BCUT2D eigenvalue weighted by atomic mass is 9.89. The van der Waals surface area contributed by atoms with Crippen LogP contribution in [-0.4, -0.2) is 40.0 Å². The van der Waals surface area contributed by atoms with Gasteiger partial charge < -0.3 is 15.0 Å². The highest BCUT2D eigenvalue weighted by atomic mass is 19.4. The molecule has 1 saturated carbocycles. The van der Waals surface area contributed by atoms with Crippen molar-refractivity contribution in [2.75, 3.05) is 18.4 Å². The van der Waals surface area contributed by atoms with Gasteiger partial charge in [0.2, 0.25) is 0 Å². The van der Waals surface area contributed by atoms with Gasteiger partial charge in [0.25, 0.3) is 5.91 Å². The molecule has 36 heavy (non-hydrogen) atoms. The van der Waals surface area contributed by atoms with E-state index in [1.54, 1.807) is 12.3 Å². The van der Waals surface area contributed by atoms with Gasteiger partial charge in [-0.15, -0.1) is 13.2 Å². The molecular formula is C27H27F3N4O2. The largest absolute Gasteiger partial charge is 0.573 e. The molecule has 0 radical (unpaired) electrons. The van der Waals surface area contributed by atoms with E-state index in [0.717, 1.165) is 24.0 Å². The molecule has 6 rings (SSSR count). The molecule has 1 aromatic heterocycles. The molecule has 1 saturated heterocycles. The van der Waals surface area contributed by atoms with Crippen LogP contribution in [0.15, 0.2) is 60.8 Å². The number of hydrogen-bond acceptors (Lipinski definition) is 4. The van der Waals surface area contributed by atoms with Crippen LogP contribution in [0.3, 0.4) is 0 Å². The highest BCUT2D eigenvalue weighted by Gasteiger charge is 2.62. The summed E-state index contributed by atoms with van der Waals surface area (Å²) < 4.78 is 44.2. The molecule has 3 aromatic rings. The van der Waals surface area contributed by atoms with Crippen LogP contribution in [0.4, 0.5) is 19.0 Å². The van der Waals surface area contributed by atoms with Gasteiger partial charge in [-0.05, 0) is 55.9 Å². The first-order valence-corrected chi connectivity index (χ1v) is 12.1. The number of carbonyl (C=O) groups is 1. The van der Waals surface area contributed by atoms with E-state index in [-0.39, 0.29) is 34.6 Å². The Balaban J connectivity index is 1.25. The second kappa shape index (κ2) is 7.75. The molecule has 0 spiro atoms. The van der Waals surface area contributed by atoms with Crippen LogP contribution in [0.5, 0.6) is 5.75 Å². The fourth-order valence-corrected chi connectivity index (χ4v) is 6.05. The van der Waals surface area contributed by atoms with E-state index in [0.29, 0.717) is 24.5 Å². The van der Waals surface area contributed by atoms with Crippen molar-refractivity contribution in [3.05, 3.63) is 77.5 Å². The van der Waals surface area contributed by atoms with Crippen LogP contribution < -0.4 is 10.1 Å². The van der Waals surface area contributed by atoms with E-state index in [4.69, 9.17) is 0 Å². The summed E-state index contributed by atoms with van der Waals surface area (Å²) in [5.74, 6) is 0.590. The van der Waals surface area contributed by atoms with E-state index >= 15 is 0 Å². The van der Waals surface area contributed by atoms with Gasteiger partial charge in [-0.1, -0.05) is 42.5 Å². The highest BCUT2D eigenvalue weighted by molar-refractivity contribution is 5.99. The molecule has 2 fully saturated rings. The van der Waals surface area contributed by atoms with E-state index < -0.39 is 6.36 Å². The number of nitrogens with zero attached hydrogens (tertiary/aromatic N) is 3. The number of benzene rings is 2. The highest BCUT2D eigenvalue weighted by Crippen LogP contribution is 2.59. The topological polar surface area (TPSA) is 59.4 Å². The van der Waals surface area contributed by atoms with Gasteiger partial charge >= 0.3 is 6.36 Å². The number of piperidine rings is 1. The van der Waals surface area contributed by atoms with Crippen LogP contribution in [0, 0.1) is 5.92 Å². The van der Waals surface area contributed by atoms with E-state index in [1.807, 2.05) is 33.8 Å². The van der Waals surface area contributed by atoms with Crippen molar-refractivity contribution in [1.82, 2.24) is 14.7 Å². The average Bonchev–Trinajstić information content (AvgIpc) is 3.16. The Morgan fingerprint density at radius 2 is 1.89 bits per heavy atom. The summed E-state index contributed by atoms with van der Waals surface area (Å²) in [6.45, 7) is 5.26. The zero-order valence-corrected chi connectivity index (χ0v) is 20.0. The number of amides is 1. The van der Waals surface area contributed by atoms with Crippen LogP contribution in [0.25, 0.3) is 0 Å². The Hall–Kier alpha value is -3.49. The van der Waals surface area contributed by atoms with Crippen LogP contribution >= 0.6 is 0 Å². The first-order valence-electron chi connectivity index (χ1n) is 12.1. The molecule has 0 bridgehead atoms. The van der Waals surface area contributed by atoms with Crippen molar-refractivity contribution in [3.8, 4) is 5.75 Å². The van der Waals surface area contributed by atoms with Gasteiger partial charge in [0.1, 0.15) is 17.1 Å². The normalized spacial score (nSPS) is 26.1. The molecule has 6 nitrogen and oxygen atoms in total. The van der Waals surface area contributed by atoms with Gasteiger partial charge in [-0.25, -0.2) is 4.68 Å². The zero-order valence-electron chi connectivity index (χ0n) is 20.0. The molecule has 3 aliphatic rings. The molecule has 3 heterocycles. The number of anilines is 1. The third kappa shape index (κ3) is 3.81. The lowest BCUT2D eigenvalue weighted by molar-refractivity contribution is -0.274. The number of alkyl halides is 3. The van der Waals surface area contributed by atoms with Crippen molar-refractivity contribution in [2.24, 2.45) is 5.92 Å². The first kappa shape index (κ1) is 22.9. The van der Waals surface area contributed by atoms with E-state index in [2.05, 4.69) is 41.1 Å². The number of nitrogens with one attached hydrogen (secondary N) is 1. The number of rotatable bonds is 4. The van der Waals surface area contributed by atoms with Gasteiger partial charge in [-0.2, -0.15) is 5.10 Å². The Kier molecular flexibility index (Phi) is 4.94. The van der Waals surface area contributed by atoms with Crippen molar-refractivity contribution < 1.29 is 22.7 Å². The van der Waals surface area contributed by atoms with Crippen LogP contribution in [-0.2, 0) is 11.0 Å². The molecule has 1 N–H and O–H groups in total. The minimum absolute atomic E-state index is 0.0478. The fourth-order valence-electron chi connectivity index (χ4n) is 6.05. The van der Waals surface area contributed by atoms with Crippen molar-refractivity contribution >= 4 is 11.7 Å². The fraction of sp³-hybridized carbons (Fsp3) is 0.407. The predicted molar refractivity (Wildman–Crippen MR) is 128 cm³/mol. The SMILES string of the molecule is CC1(C)C[C@H](c2ccccc2)Nc2c(C(=O)N3CC4CC4(c4cccc(OC(F)(F)F)c4)C3)cnn21. The second-order valence-corrected chi connectivity index (χ2v) is 10.8. The van der Waals surface area contributed by atoms with Crippen molar-refractivity contribution in [2.45, 2.75) is 50.0 Å². The Bertz CT molecular complexity index is 1320. The number of halogens is 3. The zero-order chi connectivity index (χ0) is 25.3. The Labute approximate surface area is 207 Å². The molecular weight excluding hydrogens is 469 g/mol. The van der Waals surface area contributed by atoms with E-state index in [1.165, 1.54) is 12.1 Å². The summed E-state index contributed by atoms with van der Waals surface area (Å²) in [6, 6.07) is 16.4. The smallest absolute Gasteiger partial charge is 0.406 e. The van der Waals surface area contributed by atoms with Gasteiger partial charge in [0, 0.05) is 18.5 Å². The number of carbonyl (C=O) groups excluding carboxylic acids is 1. The number of hydrogen-bond donors (Lipinski definition) is 1. The number of aromatic nitrogens is 2. The second-order valence-electron chi connectivity index (χ2n) is 10.8. The van der Waals surface area contributed by atoms with Gasteiger partial charge in [-0.3, -0.25) is 4.79 Å².